The fourth-order valence-electron chi connectivity index (χ4n) is 1.36. The third-order valence-electron chi connectivity index (χ3n) is 2.60. The summed E-state index contributed by atoms with van der Waals surface area (Å²) in [6.07, 6.45) is -0.201. The van der Waals surface area contributed by atoms with Crippen LogP contribution < -0.4 is 16.4 Å². The van der Waals surface area contributed by atoms with Crippen LogP contribution in [0.3, 0.4) is 0 Å². The van der Waals surface area contributed by atoms with E-state index in [0.29, 0.717) is 5.75 Å². The first kappa shape index (κ1) is 21.5. The first-order valence-corrected chi connectivity index (χ1v) is 8.01. The van der Waals surface area contributed by atoms with Gasteiger partial charge in [0.05, 0.1) is 0 Å². The zero-order valence-electron chi connectivity index (χ0n) is 12.4. The van der Waals surface area contributed by atoms with Gasteiger partial charge in [0.25, 0.3) is 0 Å². The number of hydrogen-bond donors (Lipinski definition) is 6. The molecule has 0 aliphatic heterocycles. The summed E-state index contributed by atoms with van der Waals surface area (Å²) in [6, 6.07) is -2.10. The minimum atomic E-state index is -1.21. The van der Waals surface area contributed by atoms with Crippen molar-refractivity contribution in [3.63, 3.8) is 0 Å². The number of carboxylic acid groups (broad SMARTS) is 1. The van der Waals surface area contributed by atoms with Crippen LogP contribution in [0, 0.1) is 0 Å². The van der Waals surface area contributed by atoms with Gasteiger partial charge < -0.3 is 26.2 Å². The Morgan fingerprint density at radius 3 is 2.39 bits per heavy atom. The van der Waals surface area contributed by atoms with Crippen LogP contribution in [0.25, 0.3) is 0 Å². The second-order valence-corrected chi connectivity index (χ2v) is 5.26. The average Bonchev–Trinajstić information content (AvgIpc) is 2.52. The lowest BCUT2D eigenvalue weighted by Gasteiger charge is -2.16. The predicted molar refractivity (Wildman–Crippen MR) is 88.5 cm³/mol. The van der Waals surface area contributed by atoms with Crippen molar-refractivity contribution in [2.75, 3.05) is 24.7 Å². The number of carbonyl (C=O) groups is 4. The van der Waals surface area contributed by atoms with Gasteiger partial charge in [0.2, 0.25) is 11.8 Å². The number of rotatable bonds is 11. The van der Waals surface area contributed by atoms with Crippen LogP contribution in [0.1, 0.15) is 12.8 Å². The van der Waals surface area contributed by atoms with E-state index in [2.05, 4.69) is 35.9 Å². The van der Waals surface area contributed by atoms with Gasteiger partial charge in [0.15, 0.2) is 0 Å². The lowest BCUT2D eigenvalue weighted by molar-refractivity contribution is -0.143. The molecule has 0 fully saturated rings. The van der Waals surface area contributed by atoms with Crippen LogP contribution >= 0.6 is 25.3 Å². The monoisotopic (exact) mass is 367 g/mol. The maximum absolute atomic E-state index is 11.8. The third kappa shape index (κ3) is 10.0. The van der Waals surface area contributed by atoms with Crippen LogP contribution in [0.2, 0.25) is 0 Å². The third-order valence-corrected chi connectivity index (χ3v) is 3.14. The molecule has 23 heavy (non-hydrogen) atoms. The molecule has 132 valence electrons. The van der Waals surface area contributed by atoms with Gasteiger partial charge >= 0.3 is 11.9 Å². The van der Waals surface area contributed by atoms with E-state index in [1.165, 1.54) is 0 Å². The van der Waals surface area contributed by atoms with Crippen molar-refractivity contribution in [3.8, 4) is 0 Å². The molecule has 0 aromatic rings. The second kappa shape index (κ2) is 12.0. The van der Waals surface area contributed by atoms with E-state index in [0.717, 1.165) is 0 Å². The number of nitrogens with one attached hydrogen (secondary N) is 2. The number of hydrogen-bond acceptors (Lipinski definition) is 8. The van der Waals surface area contributed by atoms with Gasteiger partial charge in [-0.2, -0.15) is 25.3 Å². The maximum Gasteiger partial charge on any atom is 0.325 e. The fraction of sp³-hybridized carbons (Fsp3) is 0.667. The van der Waals surface area contributed by atoms with E-state index in [1.807, 2.05) is 0 Å². The summed E-state index contributed by atoms with van der Waals surface area (Å²) >= 11 is 7.82. The molecule has 0 saturated carbocycles. The van der Waals surface area contributed by atoms with Crippen molar-refractivity contribution in [3.05, 3.63) is 0 Å². The number of amides is 2. The second-order valence-electron chi connectivity index (χ2n) is 4.45. The van der Waals surface area contributed by atoms with Crippen LogP contribution in [0.15, 0.2) is 0 Å². The first-order chi connectivity index (χ1) is 10.8. The summed E-state index contributed by atoms with van der Waals surface area (Å²) in [5.74, 6) is -2.58. The molecular formula is C12H21N3O6S2. The lowest BCUT2D eigenvalue weighted by atomic mass is 10.1. The number of carboxylic acids is 1. The summed E-state index contributed by atoms with van der Waals surface area (Å²) < 4.78 is 4.72. The lowest BCUT2D eigenvalue weighted by Crippen LogP contribution is -2.49. The molecule has 0 radical (unpaired) electrons. The number of nitrogens with two attached hydrogens (primary N) is 1. The Morgan fingerprint density at radius 1 is 1.22 bits per heavy atom. The van der Waals surface area contributed by atoms with Crippen LogP contribution in [-0.2, 0) is 23.9 Å². The molecule has 5 N–H and O–H groups in total. The molecule has 0 aromatic carbocycles. The van der Waals surface area contributed by atoms with Gasteiger partial charge in [0.1, 0.15) is 25.2 Å². The molecule has 0 aromatic heterocycles. The van der Waals surface area contributed by atoms with Gasteiger partial charge in [-0.05, 0) is 6.42 Å². The van der Waals surface area contributed by atoms with Gasteiger partial charge in [-0.25, -0.2) is 0 Å². The van der Waals surface area contributed by atoms with E-state index < -0.39 is 35.8 Å². The Kier molecular flexibility index (Phi) is 11.3. The number of ether oxygens (including phenoxy) is 1. The van der Waals surface area contributed by atoms with Gasteiger partial charge in [-0.15, -0.1) is 0 Å². The summed E-state index contributed by atoms with van der Waals surface area (Å²) in [4.78, 5) is 45.2. The molecule has 0 spiro atoms. The molecule has 2 unspecified atom stereocenters. The summed E-state index contributed by atoms with van der Waals surface area (Å²) in [7, 11) is 0. The normalized spacial score (nSPS) is 12.8. The minimum Gasteiger partial charge on any atom is -0.480 e. The Balaban J connectivity index is 4.21. The Labute approximate surface area is 144 Å². The molecule has 0 rings (SSSR count). The van der Waals surface area contributed by atoms with E-state index in [9.17, 15) is 19.2 Å². The molecule has 2 amide bonds. The number of thiol groups is 2. The Hall–Kier alpha value is -1.46. The van der Waals surface area contributed by atoms with E-state index in [4.69, 9.17) is 15.6 Å². The van der Waals surface area contributed by atoms with Crippen molar-refractivity contribution >= 4 is 49.0 Å². The van der Waals surface area contributed by atoms with Gasteiger partial charge in [-0.1, -0.05) is 0 Å². The molecule has 9 nitrogen and oxygen atoms in total. The molecule has 0 aliphatic carbocycles. The number of esters is 1. The molecule has 11 heteroatoms. The molecule has 0 heterocycles. The van der Waals surface area contributed by atoms with E-state index in [-0.39, 0.29) is 31.7 Å². The number of aliphatic carboxylic acids is 1. The predicted octanol–water partition coefficient (Wildman–Crippen LogP) is -1.82. The zero-order chi connectivity index (χ0) is 17.8. The Bertz CT molecular complexity index is 435. The fourth-order valence-corrected chi connectivity index (χ4v) is 1.71. The maximum atomic E-state index is 11.8. The molecular weight excluding hydrogens is 346 g/mol. The topological polar surface area (TPSA) is 148 Å². The quantitative estimate of drug-likeness (QED) is 0.186. The first-order valence-electron chi connectivity index (χ1n) is 6.74. The summed E-state index contributed by atoms with van der Waals surface area (Å²) in [6.45, 7) is -0.203. The molecule has 0 aliphatic rings. The SMILES string of the molecule is NC(CCC(=O)NC(CS)C(=O)NCC(=O)OCCS)C(=O)O. The largest absolute Gasteiger partial charge is 0.480 e. The summed E-state index contributed by atoms with van der Waals surface area (Å²) in [5, 5.41) is 13.3. The highest BCUT2D eigenvalue weighted by molar-refractivity contribution is 7.80. The van der Waals surface area contributed by atoms with Gasteiger partial charge in [0, 0.05) is 17.9 Å². The molecule has 2 atom stereocenters. The van der Waals surface area contributed by atoms with Crippen LogP contribution in [0.4, 0.5) is 0 Å². The van der Waals surface area contributed by atoms with Gasteiger partial charge in [-0.3, -0.25) is 19.2 Å². The van der Waals surface area contributed by atoms with Crippen molar-refractivity contribution in [2.24, 2.45) is 5.73 Å². The van der Waals surface area contributed by atoms with Crippen molar-refractivity contribution in [1.29, 1.82) is 0 Å². The van der Waals surface area contributed by atoms with E-state index >= 15 is 0 Å². The molecule has 0 bridgehead atoms. The van der Waals surface area contributed by atoms with Crippen molar-refractivity contribution in [1.82, 2.24) is 10.6 Å². The zero-order valence-corrected chi connectivity index (χ0v) is 14.1. The average molecular weight is 367 g/mol. The smallest absolute Gasteiger partial charge is 0.325 e. The van der Waals surface area contributed by atoms with Crippen LogP contribution in [0.5, 0.6) is 0 Å². The highest BCUT2D eigenvalue weighted by atomic mass is 32.1. The molecule has 0 saturated heterocycles. The standard InChI is InChI=1S/C12H21N3O6S2/c13-7(12(19)20)1-2-9(16)15-8(6-23)11(18)14-5-10(17)21-3-4-22/h7-8,22-23H,1-6,13H2,(H,14,18)(H,15,16)(H,19,20). The highest BCUT2D eigenvalue weighted by Crippen LogP contribution is 1.97. The summed E-state index contributed by atoms with van der Waals surface area (Å²) in [5.41, 5.74) is 5.28. The van der Waals surface area contributed by atoms with Crippen molar-refractivity contribution < 1.29 is 29.0 Å². The Morgan fingerprint density at radius 2 is 1.87 bits per heavy atom. The van der Waals surface area contributed by atoms with Crippen LogP contribution in [-0.4, -0.2) is 65.6 Å². The van der Waals surface area contributed by atoms with Crippen molar-refractivity contribution in [2.45, 2.75) is 24.9 Å². The minimum absolute atomic E-state index is 0.00818. The highest BCUT2D eigenvalue weighted by Gasteiger charge is 2.21. The van der Waals surface area contributed by atoms with E-state index in [1.54, 1.807) is 0 Å². The number of carbonyl (C=O) groups excluding carboxylic acids is 3.